The summed E-state index contributed by atoms with van der Waals surface area (Å²) in [6, 6.07) is 0. The number of carbonyl (C=O) groups is 4. The molecule has 0 amide bonds. The van der Waals surface area contributed by atoms with E-state index in [4.69, 9.17) is 18.9 Å². The Kier molecular flexibility index (Phi) is 72.8. The molecule has 0 aromatic heterocycles. The van der Waals surface area contributed by atoms with Crippen molar-refractivity contribution in [3.8, 4) is 0 Å². The molecule has 0 aliphatic rings. The lowest BCUT2D eigenvalue weighted by Gasteiger charge is -2.15. The van der Waals surface area contributed by atoms with Crippen LogP contribution < -0.4 is 0 Å². The van der Waals surface area contributed by atoms with Crippen molar-refractivity contribution in [3.05, 3.63) is 0 Å². The highest BCUT2D eigenvalue weighted by atomic mass is 16.6. The quantitative estimate of drug-likeness (QED) is 0.0343. The summed E-state index contributed by atoms with van der Waals surface area (Å²) in [6.45, 7) is 8.46. The smallest absolute Gasteiger partial charge is 0.306 e. The molecule has 0 aromatic rings. The minimum Gasteiger partial charge on any atom is -0.462 e. The van der Waals surface area contributed by atoms with Gasteiger partial charge in [0.05, 0.1) is 13.2 Å². The summed E-state index contributed by atoms with van der Waals surface area (Å²) in [6.07, 6.45) is 80.1. The third kappa shape index (κ3) is 73.6. The predicted molar refractivity (Wildman–Crippen MR) is 390 cm³/mol. The van der Waals surface area contributed by atoms with Crippen LogP contribution in [0, 0.1) is 11.8 Å². The van der Waals surface area contributed by atoms with Crippen molar-refractivity contribution in [2.45, 2.75) is 464 Å². The number of hydrogen-bond donors (Lipinski definition) is 2. The van der Waals surface area contributed by atoms with Gasteiger partial charge in [-0.15, -0.1) is 0 Å². The molecule has 0 saturated carbocycles. The topological polar surface area (TPSA) is 146 Å². The normalized spacial score (nSPS) is 12.3. The van der Waals surface area contributed by atoms with E-state index in [0.717, 1.165) is 88.9 Å². The second-order valence-electron chi connectivity index (χ2n) is 29.5. The number of aliphatic hydroxyl groups excluding tert-OH is 2. The zero-order valence-corrected chi connectivity index (χ0v) is 62.0. The van der Waals surface area contributed by atoms with Crippen molar-refractivity contribution in [3.63, 3.8) is 0 Å². The van der Waals surface area contributed by atoms with Gasteiger partial charge in [-0.05, 0) is 37.5 Å². The summed E-state index contributed by atoms with van der Waals surface area (Å²) in [7, 11) is 0. The molecule has 10 heteroatoms. The minimum atomic E-state index is -0.777. The molecule has 92 heavy (non-hydrogen) atoms. The third-order valence-electron chi connectivity index (χ3n) is 19.2. The maximum atomic E-state index is 12.4. The van der Waals surface area contributed by atoms with Crippen LogP contribution in [0.3, 0.4) is 0 Å². The minimum absolute atomic E-state index is 0.0668. The summed E-state index contributed by atoms with van der Waals surface area (Å²) >= 11 is 0. The van der Waals surface area contributed by atoms with Crippen molar-refractivity contribution in [2.75, 3.05) is 26.4 Å². The fraction of sp³-hybridized carbons (Fsp3) is 0.951. The molecule has 0 saturated heterocycles. The highest BCUT2D eigenvalue weighted by Crippen LogP contribution is 2.21. The zero-order chi connectivity index (χ0) is 66.9. The third-order valence-corrected chi connectivity index (χ3v) is 19.2. The first-order chi connectivity index (χ1) is 45.1. The molecule has 0 aromatic carbocycles. The number of aliphatic hydroxyl groups is 2. The van der Waals surface area contributed by atoms with Gasteiger partial charge in [-0.1, -0.05) is 400 Å². The fourth-order valence-electron chi connectivity index (χ4n) is 13.0. The van der Waals surface area contributed by atoms with Gasteiger partial charge in [0.15, 0.2) is 12.2 Å². The lowest BCUT2D eigenvalue weighted by atomic mass is 10.0. The molecule has 2 atom stereocenters. The summed E-state index contributed by atoms with van der Waals surface area (Å²) in [5, 5.41) is 19.4. The second-order valence-corrected chi connectivity index (χ2v) is 29.5. The molecule has 0 radical (unpaired) electrons. The summed E-state index contributed by atoms with van der Waals surface area (Å²) in [5.41, 5.74) is 0. The van der Waals surface area contributed by atoms with E-state index in [0.29, 0.717) is 25.7 Å². The van der Waals surface area contributed by atoms with E-state index in [9.17, 15) is 29.4 Å². The van der Waals surface area contributed by atoms with Crippen LogP contribution in [-0.4, -0.2) is 72.7 Å². The molecule has 0 heterocycles. The van der Waals surface area contributed by atoms with Crippen molar-refractivity contribution in [1.29, 1.82) is 0 Å². The number of ether oxygens (including phenoxy) is 4. The molecule has 0 spiro atoms. The molecule has 10 nitrogen and oxygen atoms in total. The zero-order valence-electron chi connectivity index (χ0n) is 62.0. The molecular weight excluding hydrogens is 1140 g/mol. The Hall–Kier alpha value is -2.20. The van der Waals surface area contributed by atoms with E-state index in [1.807, 2.05) is 0 Å². The van der Waals surface area contributed by atoms with Crippen molar-refractivity contribution in [2.24, 2.45) is 11.8 Å². The van der Waals surface area contributed by atoms with Crippen molar-refractivity contribution in [1.82, 2.24) is 0 Å². The van der Waals surface area contributed by atoms with Crippen LogP contribution in [-0.2, 0) is 38.1 Å². The lowest BCUT2D eigenvalue weighted by molar-refractivity contribution is -0.161. The van der Waals surface area contributed by atoms with Gasteiger partial charge >= 0.3 is 23.9 Å². The van der Waals surface area contributed by atoms with Crippen LogP contribution in [0.15, 0.2) is 0 Å². The number of rotatable bonds is 77. The van der Waals surface area contributed by atoms with E-state index in [2.05, 4.69) is 27.7 Å². The van der Waals surface area contributed by atoms with Crippen LogP contribution in [0.1, 0.15) is 451 Å². The maximum absolute atomic E-state index is 12.4. The lowest BCUT2D eigenvalue weighted by Crippen LogP contribution is -2.28. The highest BCUT2D eigenvalue weighted by molar-refractivity contribution is 5.71. The van der Waals surface area contributed by atoms with Gasteiger partial charge in [0, 0.05) is 25.7 Å². The van der Waals surface area contributed by atoms with Gasteiger partial charge in [-0.3, -0.25) is 19.2 Å². The molecule has 0 aliphatic heterocycles. The van der Waals surface area contributed by atoms with Gasteiger partial charge in [0.2, 0.25) is 0 Å². The molecule has 2 N–H and O–H groups in total. The van der Waals surface area contributed by atoms with Crippen LogP contribution >= 0.6 is 0 Å². The Labute approximate surface area is 571 Å². The van der Waals surface area contributed by atoms with E-state index in [-0.39, 0.29) is 50.3 Å². The van der Waals surface area contributed by atoms with Gasteiger partial charge < -0.3 is 29.2 Å². The first-order valence-electron chi connectivity index (χ1n) is 41.0. The van der Waals surface area contributed by atoms with Crippen LogP contribution in [0.5, 0.6) is 0 Å². The standard InChI is InChI=1S/C82H158O10/c1-75(2)65-59-53-47-41-35-29-27-33-37-43-49-55-61-67-79(85)89-73-77(71-83)91-81(87)69-63-57-51-45-39-31-25-23-21-19-17-15-13-11-9-7-5-6-8-10-12-14-16-18-20-22-24-26-32-40-46-52-58-64-70-82(88)92-78(72-84)74-90-80(86)68-62-56-50-44-38-34-28-30-36-42-48-54-60-66-76(3)4/h75-78,83-84H,5-74H2,1-4H3/t77-,78-/m1/s1. The maximum Gasteiger partial charge on any atom is 0.306 e. The Balaban J connectivity index is 3.40. The predicted octanol–water partition coefficient (Wildman–Crippen LogP) is 24.9. The first-order valence-corrected chi connectivity index (χ1v) is 41.0. The molecule has 0 bridgehead atoms. The Morgan fingerprint density at radius 1 is 0.217 bits per heavy atom. The summed E-state index contributed by atoms with van der Waals surface area (Å²) in [5.74, 6) is 0.513. The van der Waals surface area contributed by atoms with E-state index in [1.165, 1.54) is 321 Å². The van der Waals surface area contributed by atoms with Crippen molar-refractivity contribution < 1.29 is 48.3 Å². The molecule has 0 rings (SSSR count). The SMILES string of the molecule is CC(C)CCCCCCCCCCCCCCCC(=O)OC[C@@H](CO)OC(=O)CCCCCCCCCCCCCCCCCCCCCCCCCCCCCCCCCCCCC(=O)O[C@H](CO)COC(=O)CCCCCCCCCCCCCCCC(C)C. The summed E-state index contributed by atoms with van der Waals surface area (Å²) < 4.78 is 21.5. The van der Waals surface area contributed by atoms with Crippen molar-refractivity contribution >= 4 is 23.9 Å². The monoisotopic (exact) mass is 1300 g/mol. The van der Waals surface area contributed by atoms with Gasteiger partial charge in [0.1, 0.15) is 13.2 Å². The highest BCUT2D eigenvalue weighted by Gasteiger charge is 2.18. The average molecular weight is 1300 g/mol. The number of esters is 4. The number of hydrogen-bond acceptors (Lipinski definition) is 10. The Morgan fingerprint density at radius 3 is 0.511 bits per heavy atom. The van der Waals surface area contributed by atoms with Gasteiger partial charge in [-0.25, -0.2) is 0 Å². The molecular formula is C82H158O10. The van der Waals surface area contributed by atoms with Crippen LogP contribution in [0.2, 0.25) is 0 Å². The number of carbonyl (C=O) groups excluding carboxylic acids is 4. The van der Waals surface area contributed by atoms with E-state index in [1.54, 1.807) is 0 Å². The average Bonchev–Trinajstić information content (AvgIpc) is 3.76. The van der Waals surface area contributed by atoms with E-state index >= 15 is 0 Å². The molecule has 0 aliphatic carbocycles. The van der Waals surface area contributed by atoms with Gasteiger partial charge in [0.25, 0.3) is 0 Å². The second kappa shape index (κ2) is 74.6. The Morgan fingerprint density at radius 2 is 0.359 bits per heavy atom. The fourth-order valence-corrected chi connectivity index (χ4v) is 13.0. The largest absolute Gasteiger partial charge is 0.462 e. The molecule has 546 valence electrons. The van der Waals surface area contributed by atoms with Crippen LogP contribution in [0.25, 0.3) is 0 Å². The molecule has 0 unspecified atom stereocenters. The first kappa shape index (κ1) is 89.8. The Bertz CT molecular complexity index is 1410. The van der Waals surface area contributed by atoms with Crippen LogP contribution in [0.4, 0.5) is 0 Å². The van der Waals surface area contributed by atoms with Gasteiger partial charge in [-0.2, -0.15) is 0 Å². The van der Waals surface area contributed by atoms with E-state index < -0.39 is 12.2 Å². The summed E-state index contributed by atoms with van der Waals surface area (Å²) in [4.78, 5) is 49.2. The number of unbranched alkanes of at least 4 members (excludes halogenated alkanes) is 57. The molecule has 0 fully saturated rings.